The number of amides is 2. The maximum Gasteiger partial charge on any atom is 0.243 e. The fourth-order valence-corrected chi connectivity index (χ4v) is 3.61. The summed E-state index contributed by atoms with van der Waals surface area (Å²) < 4.78 is 10.3. The summed E-state index contributed by atoms with van der Waals surface area (Å²) in [5, 5.41) is 8.93. The van der Waals surface area contributed by atoms with Gasteiger partial charge in [0.15, 0.2) is 0 Å². The predicted octanol–water partition coefficient (Wildman–Crippen LogP) is 1.20. The van der Waals surface area contributed by atoms with Gasteiger partial charge in [-0.3, -0.25) is 9.59 Å². The average Bonchev–Trinajstić information content (AvgIpc) is 2.87. The summed E-state index contributed by atoms with van der Waals surface area (Å²) in [6.07, 6.45) is 4.70. The molecule has 1 rings (SSSR count). The molecule has 2 amide bonds. The van der Waals surface area contributed by atoms with Crippen molar-refractivity contribution in [3.63, 3.8) is 0 Å². The monoisotopic (exact) mass is 492 g/mol. The fourth-order valence-electron chi connectivity index (χ4n) is 3.61. The maximum absolute atomic E-state index is 12.8. The third-order valence-corrected chi connectivity index (χ3v) is 5.66. The van der Waals surface area contributed by atoms with E-state index in [-0.39, 0.29) is 18.4 Å². The van der Waals surface area contributed by atoms with Gasteiger partial charge in [0.2, 0.25) is 11.8 Å². The van der Waals surface area contributed by atoms with Crippen molar-refractivity contribution in [1.29, 1.82) is 0 Å². The van der Waals surface area contributed by atoms with Gasteiger partial charge >= 0.3 is 0 Å². The molecule has 5 N–H and O–H groups in total. The normalized spacial score (nSPS) is 13.6. The van der Waals surface area contributed by atoms with Crippen LogP contribution in [0.5, 0.6) is 0 Å². The van der Waals surface area contributed by atoms with Crippen molar-refractivity contribution >= 4 is 18.1 Å². The van der Waals surface area contributed by atoms with E-state index in [0.717, 1.165) is 44.2 Å². The number of benzene rings is 1. The Kier molecular flexibility index (Phi) is 17.5. The molecule has 1 aromatic rings. The second-order valence-corrected chi connectivity index (χ2v) is 8.57. The Morgan fingerprint density at radius 3 is 2.43 bits per heavy atom. The van der Waals surface area contributed by atoms with Crippen LogP contribution in [0.3, 0.4) is 0 Å². The van der Waals surface area contributed by atoms with Crippen LogP contribution in [0.2, 0.25) is 0 Å². The molecule has 0 aromatic heterocycles. The number of rotatable bonds is 21. The lowest BCUT2D eigenvalue weighted by molar-refractivity contribution is -0.132. The molecule has 0 aliphatic heterocycles. The minimum Gasteiger partial charge on any atom is -0.382 e. The Bertz CT molecular complexity index is 704. The van der Waals surface area contributed by atoms with Gasteiger partial charge in [-0.1, -0.05) is 43.7 Å². The summed E-state index contributed by atoms with van der Waals surface area (Å²) in [6, 6.07) is 8.39. The van der Waals surface area contributed by atoms with Crippen molar-refractivity contribution in [2.45, 2.75) is 57.5 Å². The molecule has 0 heterocycles. The lowest BCUT2D eigenvalue weighted by Crippen LogP contribution is -2.52. The minimum atomic E-state index is -0.695. The van der Waals surface area contributed by atoms with Crippen LogP contribution in [0, 0.1) is 5.92 Å². The molecule has 0 aliphatic carbocycles. The van der Waals surface area contributed by atoms with Crippen LogP contribution >= 0.6 is 0 Å². The number of ether oxygens (including phenoxy) is 2. The molecule has 35 heavy (non-hydrogen) atoms. The van der Waals surface area contributed by atoms with E-state index >= 15 is 0 Å². The Morgan fingerprint density at radius 1 is 1.00 bits per heavy atom. The summed E-state index contributed by atoms with van der Waals surface area (Å²) in [5.74, 6) is -1.01. The molecule has 0 fully saturated rings. The topological polar surface area (TPSA) is 132 Å². The van der Waals surface area contributed by atoms with E-state index in [2.05, 4.69) is 16.0 Å². The first-order chi connectivity index (χ1) is 17.0. The van der Waals surface area contributed by atoms with Crippen LogP contribution in [0.25, 0.3) is 0 Å². The lowest BCUT2D eigenvalue weighted by Gasteiger charge is -2.23. The first kappa shape index (κ1) is 30.7. The van der Waals surface area contributed by atoms with Crippen molar-refractivity contribution in [3.8, 4) is 0 Å². The quantitative estimate of drug-likeness (QED) is 0.150. The van der Waals surface area contributed by atoms with E-state index < -0.39 is 18.0 Å². The number of hydrogen-bond acceptors (Lipinski definition) is 7. The molecule has 0 radical (unpaired) electrons. The van der Waals surface area contributed by atoms with Gasteiger partial charge in [0, 0.05) is 20.2 Å². The summed E-state index contributed by atoms with van der Waals surface area (Å²) in [7, 11) is 1.64. The Morgan fingerprint density at radius 2 is 1.77 bits per heavy atom. The molecule has 0 saturated carbocycles. The van der Waals surface area contributed by atoms with Crippen LogP contribution in [0.1, 0.15) is 44.6 Å². The summed E-state index contributed by atoms with van der Waals surface area (Å²) in [6.45, 7) is 5.49. The van der Waals surface area contributed by atoms with Crippen molar-refractivity contribution in [3.05, 3.63) is 35.9 Å². The Hall–Kier alpha value is -2.33. The Labute approximate surface area is 209 Å². The van der Waals surface area contributed by atoms with Gasteiger partial charge in [-0.05, 0) is 44.2 Å². The van der Waals surface area contributed by atoms with Gasteiger partial charge in [-0.2, -0.15) is 0 Å². The van der Waals surface area contributed by atoms with E-state index in [0.29, 0.717) is 39.1 Å². The lowest BCUT2D eigenvalue weighted by atomic mass is 9.97. The van der Waals surface area contributed by atoms with Gasteiger partial charge in [0.1, 0.15) is 12.3 Å². The van der Waals surface area contributed by atoms with Crippen molar-refractivity contribution in [2.24, 2.45) is 11.7 Å². The molecule has 2 unspecified atom stereocenters. The molecule has 1 aromatic carbocycles. The number of methoxy groups -OCH3 is 1. The first-order valence-corrected chi connectivity index (χ1v) is 12.6. The summed E-state index contributed by atoms with van der Waals surface area (Å²) in [5.41, 5.74) is 6.87. The number of nitrogens with two attached hydrogens (primary N) is 1. The highest BCUT2D eigenvalue weighted by atomic mass is 16.5. The molecular weight excluding hydrogens is 448 g/mol. The SMILES string of the molecule is CCC[C@@H](NC(=O)C(CN)Cc1ccccc1)C(=O)NC(C=O)CCCCNCCOCCOC. The zero-order chi connectivity index (χ0) is 25.7. The third-order valence-electron chi connectivity index (χ3n) is 5.66. The van der Waals surface area contributed by atoms with Gasteiger partial charge in [0.25, 0.3) is 0 Å². The number of carbonyl (C=O) groups excluding carboxylic acids is 3. The Balaban J connectivity index is 2.41. The second kappa shape index (κ2) is 19.9. The van der Waals surface area contributed by atoms with Crippen molar-refractivity contribution in [2.75, 3.05) is 46.6 Å². The van der Waals surface area contributed by atoms with Crippen LogP contribution < -0.4 is 21.7 Å². The number of hydrogen-bond donors (Lipinski definition) is 4. The number of nitrogens with one attached hydrogen (secondary N) is 3. The van der Waals surface area contributed by atoms with Gasteiger partial charge in [-0.15, -0.1) is 0 Å². The minimum absolute atomic E-state index is 0.186. The highest BCUT2D eigenvalue weighted by Gasteiger charge is 2.26. The third kappa shape index (κ3) is 14.0. The molecule has 3 atom stereocenters. The van der Waals surface area contributed by atoms with Gasteiger partial charge < -0.3 is 36.0 Å². The molecule has 0 bridgehead atoms. The van der Waals surface area contributed by atoms with Crippen LogP contribution in [0.4, 0.5) is 0 Å². The summed E-state index contributed by atoms with van der Waals surface area (Å²) >= 11 is 0. The van der Waals surface area contributed by atoms with E-state index in [1.54, 1.807) is 7.11 Å². The standard InChI is InChI=1S/C26H44N4O5/c1-3-9-24(30-25(32)22(19-27)18-21-10-5-4-6-11-21)26(33)29-23(20-31)12-7-8-13-28-14-15-35-17-16-34-2/h4-6,10-11,20,22-24,28H,3,7-9,12-19,27H2,1-2H3,(H,29,33)(H,30,32)/t22?,23?,24-/m1/s1. The average molecular weight is 493 g/mol. The number of carbonyl (C=O) groups is 3. The predicted molar refractivity (Wildman–Crippen MR) is 137 cm³/mol. The zero-order valence-electron chi connectivity index (χ0n) is 21.3. The van der Waals surface area contributed by atoms with E-state index in [9.17, 15) is 14.4 Å². The first-order valence-electron chi connectivity index (χ1n) is 12.6. The van der Waals surface area contributed by atoms with Crippen LogP contribution in [-0.2, 0) is 30.3 Å². The van der Waals surface area contributed by atoms with E-state index in [1.165, 1.54) is 0 Å². The summed E-state index contributed by atoms with van der Waals surface area (Å²) in [4.78, 5) is 37.2. The molecular formula is C26H44N4O5. The van der Waals surface area contributed by atoms with E-state index in [4.69, 9.17) is 15.2 Å². The fraction of sp³-hybridized carbons (Fsp3) is 0.654. The number of unbranched alkanes of at least 4 members (excludes halogenated alkanes) is 1. The maximum atomic E-state index is 12.8. The largest absolute Gasteiger partial charge is 0.382 e. The molecule has 198 valence electrons. The zero-order valence-corrected chi connectivity index (χ0v) is 21.3. The van der Waals surface area contributed by atoms with Crippen molar-refractivity contribution < 1.29 is 23.9 Å². The van der Waals surface area contributed by atoms with Crippen LogP contribution in [0.15, 0.2) is 30.3 Å². The molecule has 9 heteroatoms. The smallest absolute Gasteiger partial charge is 0.243 e. The highest BCUT2D eigenvalue weighted by molar-refractivity contribution is 5.89. The number of aldehydes is 1. The second-order valence-electron chi connectivity index (χ2n) is 8.57. The molecule has 0 saturated heterocycles. The van der Waals surface area contributed by atoms with E-state index in [1.807, 2.05) is 37.3 Å². The molecule has 9 nitrogen and oxygen atoms in total. The van der Waals surface area contributed by atoms with Crippen LogP contribution in [-0.4, -0.2) is 76.7 Å². The van der Waals surface area contributed by atoms with Crippen molar-refractivity contribution in [1.82, 2.24) is 16.0 Å². The molecule has 0 aliphatic rings. The van der Waals surface area contributed by atoms with Gasteiger partial charge in [-0.25, -0.2) is 0 Å². The molecule has 0 spiro atoms. The van der Waals surface area contributed by atoms with Gasteiger partial charge in [0.05, 0.1) is 31.8 Å². The highest BCUT2D eigenvalue weighted by Crippen LogP contribution is 2.10.